The molecule has 2 aromatic rings. The van der Waals surface area contributed by atoms with Gasteiger partial charge in [0.1, 0.15) is 4.90 Å². The van der Waals surface area contributed by atoms with Gasteiger partial charge >= 0.3 is 0 Å². The van der Waals surface area contributed by atoms with Crippen molar-refractivity contribution in [3.63, 3.8) is 0 Å². The Morgan fingerprint density at radius 1 is 1.18 bits per heavy atom. The summed E-state index contributed by atoms with van der Waals surface area (Å²) in [7, 11) is -0.738. The van der Waals surface area contributed by atoms with Crippen LogP contribution in [0.4, 0.5) is 0 Å². The van der Waals surface area contributed by atoms with Crippen LogP contribution < -0.4 is 14.2 Å². The summed E-state index contributed by atoms with van der Waals surface area (Å²) in [6.45, 7) is 1.69. The first-order valence-electron chi connectivity index (χ1n) is 10.8. The van der Waals surface area contributed by atoms with E-state index in [2.05, 4.69) is 4.72 Å². The van der Waals surface area contributed by atoms with E-state index in [0.29, 0.717) is 37.6 Å². The molecule has 1 atom stereocenters. The molecule has 10 heteroatoms. The molecule has 2 aromatic carbocycles. The molecule has 0 bridgehead atoms. The van der Waals surface area contributed by atoms with E-state index >= 15 is 0 Å². The lowest BCUT2D eigenvalue weighted by Crippen LogP contribution is -2.36. The van der Waals surface area contributed by atoms with Gasteiger partial charge in [0.2, 0.25) is 10.0 Å². The maximum absolute atomic E-state index is 13.2. The van der Waals surface area contributed by atoms with Crippen LogP contribution in [0.1, 0.15) is 34.3 Å². The van der Waals surface area contributed by atoms with E-state index in [0.717, 1.165) is 24.0 Å². The number of benzene rings is 2. The predicted octanol–water partition coefficient (Wildman–Crippen LogP) is 3.01. The standard InChI is InChI=1S/C23H27ClN2O6S/c1-30-20-10-15-7-8-26(14-17(15)11-21(20)31-2)23(27)16-5-6-19(24)22(12-16)33(28,29)25-13-18-4-3-9-32-18/h5-6,10-12,18,25H,3-4,7-9,13-14H2,1-2H3/t18-/m1/s1. The molecular formula is C23H27ClN2O6S. The maximum atomic E-state index is 13.2. The second kappa shape index (κ2) is 9.89. The van der Waals surface area contributed by atoms with Gasteiger partial charge in [0.25, 0.3) is 5.91 Å². The molecule has 1 N–H and O–H groups in total. The highest BCUT2D eigenvalue weighted by molar-refractivity contribution is 7.89. The SMILES string of the molecule is COc1cc2c(cc1OC)CN(C(=O)c1ccc(Cl)c(S(=O)(=O)NC[C@H]3CCCO3)c1)CC2. The van der Waals surface area contributed by atoms with E-state index in [-0.39, 0.29) is 34.0 Å². The first-order valence-corrected chi connectivity index (χ1v) is 12.6. The molecule has 33 heavy (non-hydrogen) atoms. The minimum absolute atomic E-state index is 0.0622. The minimum atomic E-state index is -3.89. The average molecular weight is 495 g/mol. The molecule has 0 aliphatic carbocycles. The summed E-state index contributed by atoms with van der Waals surface area (Å²) in [5, 5.41) is 0.0622. The van der Waals surface area contributed by atoms with Gasteiger partial charge in [-0.1, -0.05) is 11.6 Å². The van der Waals surface area contributed by atoms with E-state index in [4.69, 9.17) is 25.8 Å². The minimum Gasteiger partial charge on any atom is -0.493 e. The molecule has 2 heterocycles. The molecule has 0 aromatic heterocycles. The molecule has 1 saturated heterocycles. The number of sulfonamides is 1. The van der Waals surface area contributed by atoms with Gasteiger partial charge in [-0.2, -0.15) is 0 Å². The third kappa shape index (κ3) is 5.11. The van der Waals surface area contributed by atoms with Crippen molar-refractivity contribution in [3.05, 3.63) is 52.0 Å². The molecule has 0 spiro atoms. The van der Waals surface area contributed by atoms with Gasteiger partial charge in [-0.25, -0.2) is 13.1 Å². The summed E-state index contributed by atoms with van der Waals surface area (Å²) in [4.78, 5) is 14.8. The highest BCUT2D eigenvalue weighted by atomic mass is 35.5. The number of fused-ring (bicyclic) bond motifs is 1. The van der Waals surface area contributed by atoms with E-state index in [1.165, 1.54) is 12.1 Å². The van der Waals surface area contributed by atoms with Crippen LogP contribution in [0.3, 0.4) is 0 Å². The number of nitrogens with zero attached hydrogens (tertiary/aromatic N) is 1. The molecule has 178 valence electrons. The van der Waals surface area contributed by atoms with Gasteiger partial charge in [0.15, 0.2) is 11.5 Å². The van der Waals surface area contributed by atoms with Crippen LogP contribution in [0.25, 0.3) is 0 Å². The van der Waals surface area contributed by atoms with Crippen molar-refractivity contribution in [2.75, 3.05) is 33.9 Å². The Bertz CT molecular complexity index is 1150. The second-order valence-electron chi connectivity index (χ2n) is 8.08. The lowest BCUT2D eigenvalue weighted by molar-refractivity contribution is 0.0734. The summed E-state index contributed by atoms with van der Waals surface area (Å²) in [6.07, 6.45) is 2.23. The van der Waals surface area contributed by atoms with E-state index < -0.39 is 10.0 Å². The number of hydrogen-bond acceptors (Lipinski definition) is 6. The molecule has 0 radical (unpaired) electrons. The Hall–Kier alpha value is -2.33. The van der Waals surface area contributed by atoms with Gasteiger partial charge in [-0.3, -0.25) is 4.79 Å². The van der Waals surface area contributed by atoms with E-state index in [1.54, 1.807) is 25.2 Å². The number of methoxy groups -OCH3 is 2. The molecule has 2 aliphatic heterocycles. The molecule has 2 aliphatic rings. The topological polar surface area (TPSA) is 94.2 Å². The van der Waals surface area contributed by atoms with E-state index in [1.807, 2.05) is 12.1 Å². The lowest BCUT2D eigenvalue weighted by atomic mass is 9.98. The fourth-order valence-corrected chi connectivity index (χ4v) is 5.76. The van der Waals surface area contributed by atoms with E-state index in [9.17, 15) is 13.2 Å². The molecule has 8 nitrogen and oxygen atoms in total. The summed E-state index contributed by atoms with van der Waals surface area (Å²) in [5.41, 5.74) is 2.32. The summed E-state index contributed by atoms with van der Waals surface area (Å²) >= 11 is 6.19. The molecule has 1 amide bonds. The Morgan fingerprint density at radius 3 is 2.58 bits per heavy atom. The number of ether oxygens (including phenoxy) is 3. The molecule has 0 saturated carbocycles. The molecule has 0 unspecified atom stereocenters. The third-order valence-electron chi connectivity index (χ3n) is 6.00. The van der Waals surface area contributed by atoms with Crippen LogP contribution in [0, 0.1) is 0 Å². The van der Waals surface area contributed by atoms with Gasteiger partial charge < -0.3 is 19.1 Å². The van der Waals surface area contributed by atoms with Crippen molar-refractivity contribution in [1.82, 2.24) is 9.62 Å². The van der Waals surface area contributed by atoms with Crippen LogP contribution in [-0.2, 0) is 27.7 Å². The van der Waals surface area contributed by atoms with Gasteiger partial charge in [0, 0.05) is 31.8 Å². The predicted molar refractivity (Wildman–Crippen MR) is 124 cm³/mol. The maximum Gasteiger partial charge on any atom is 0.254 e. The monoisotopic (exact) mass is 494 g/mol. The van der Waals surface area contributed by atoms with Crippen molar-refractivity contribution >= 4 is 27.5 Å². The zero-order chi connectivity index (χ0) is 23.6. The van der Waals surface area contributed by atoms with Crippen molar-refractivity contribution in [1.29, 1.82) is 0 Å². The number of hydrogen-bond donors (Lipinski definition) is 1. The molecular weight excluding hydrogens is 468 g/mol. The number of rotatable bonds is 7. The van der Waals surface area contributed by atoms with Gasteiger partial charge in [-0.15, -0.1) is 0 Å². The zero-order valence-corrected chi connectivity index (χ0v) is 20.2. The first kappa shape index (κ1) is 23.8. The Kier molecular flexibility index (Phi) is 7.13. The van der Waals surface area contributed by atoms with Crippen LogP contribution >= 0.6 is 11.6 Å². The first-order chi connectivity index (χ1) is 15.8. The normalized spacial score (nSPS) is 18.2. The Labute approximate surface area is 198 Å². The summed E-state index contributed by atoms with van der Waals surface area (Å²) in [5.74, 6) is 0.990. The van der Waals surface area contributed by atoms with Gasteiger partial charge in [0.05, 0.1) is 25.3 Å². The van der Waals surface area contributed by atoms with Crippen LogP contribution in [0.2, 0.25) is 5.02 Å². The molecule has 1 fully saturated rings. The number of carbonyl (C=O) groups excluding carboxylic acids is 1. The fourth-order valence-electron chi connectivity index (χ4n) is 4.17. The number of nitrogens with one attached hydrogen (secondary N) is 1. The van der Waals surface area contributed by atoms with Crippen LogP contribution in [-0.4, -0.2) is 59.2 Å². The summed E-state index contributed by atoms with van der Waals surface area (Å²) < 4.78 is 44.5. The van der Waals surface area contributed by atoms with Crippen LogP contribution in [0.15, 0.2) is 35.2 Å². The summed E-state index contributed by atoms with van der Waals surface area (Å²) in [6, 6.07) is 8.14. The number of amides is 1. The fraction of sp³-hybridized carbons (Fsp3) is 0.435. The zero-order valence-electron chi connectivity index (χ0n) is 18.6. The number of carbonyl (C=O) groups is 1. The van der Waals surface area contributed by atoms with Gasteiger partial charge in [-0.05, 0) is 60.7 Å². The quantitative estimate of drug-likeness (QED) is 0.636. The Morgan fingerprint density at radius 2 is 1.91 bits per heavy atom. The second-order valence-corrected chi connectivity index (χ2v) is 10.2. The van der Waals surface area contributed by atoms with Crippen molar-refractivity contribution in [2.24, 2.45) is 0 Å². The van der Waals surface area contributed by atoms with Crippen LogP contribution in [0.5, 0.6) is 11.5 Å². The Balaban J connectivity index is 1.53. The third-order valence-corrected chi connectivity index (χ3v) is 7.90. The largest absolute Gasteiger partial charge is 0.493 e. The highest BCUT2D eigenvalue weighted by Gasteiger charge is 2.27. The lowest BCUT2D eigenvalue weighted by Gasteiger charge is -2.30. The number of halogens is 1. The van der Waals surface area contributed by atoms with Crippen molar-refractivity contribution in [2.45, 2.75) is 36.8 Å². The highest BCUT2D eigenvalue weighted by Crippen LogP contribution is 2.34. The molecule has 4 rings (SSSR count). The van der Waals surface area contributed by atoms with Crippen molar-refractivity contribution in [3.8, 4) is 11.5 Å². The smallest absolute Gasteiger partial charge is 0.254 e. The average Bonchev–Trinajstić information content (AvgIpc) is 3.35. The van der Waals surface area contributed by atoms with Crippen molar-refractivity contribution < 1.29 is 27.4 Å².